The second kappa shape index (κ2) is 3.07. The Morgan fingerprint density at radius 1 is 0.632 bits per heavy atom. The minimum Gasteiger partial charge on any atom is -0.315 e. The summed E-state index contributed by atoms with van der Waals surface area (Å²) in [5.41, 5.74) is 2.64. The van der Waals surface area contributed by atoms with Gasteiger partial charge >= 0.3 is 0 Å². The zero-order chi connectivity index (χ0) is 12.4. The van der Waals surface area contributed by atoms with Crippen molar-refractivity contribution in [3.8, 4) is 0 Å². The Balaban J connectivity index is 2.18. The number of hydrogen-bond donors (Lipinski definition) is 0. The molecule has 2 heterocycles. The monoisotopic (exact) mass is 241 g/mol. The third-order valence-corrected chi connectivity index (χ3v) is 4.13. The lowest BCUT2D eigenvalue weighted by molar-refractivity contribution is 1.31. The predicted octanol–water partition coefficient (Wildman–Crippen LogP) is 4.84. The number of fused-ring (bicyclic) bond motifs is 4. The van der Waals surface area contributed by atoms with E-state index in [1.54, 1.807) is 0 Å². The molecule has 0 saturated heterocycles. The molecule has 88 valence electrons. The van der Waals surface area contributed by atoms with Crippen LogP contribution in [0.25, 0.3) is 38.0 Å². The van der Waals surface area contributed by atoms with Crippen LogP contribution in [0.3, 0.4) is 0 Å². The van der Waals surface area contributed by atoms with Crippen LogP contribution >= 0.6 is 0 Å². The normalized spacial score (nSPS) is 12.2. The summed E-state index contributed by atoms with van der Waals surface area (Å²) in [5.74, 6) is 0. The van der Waals surface area contributed by atoms with Crippen LogP contribution < -0.4 is 0 Å². The summed E-state index contributed by atoms with van der Waals surface area (Å²) in [6, 6.07) is 21.9. The van der Waals surface area contributed by atoms with Crippen molar-refractivity contribution in [2.24, 2.45) is 0 Å². The second-order valence-corrected chi connectivity index (χ2v) is 5.15. The Hall–Kier alpha value is -2.54. The van der Waals surface area contributed by atoms with E-state index in [1.165, 1.54) is 38.0 Å². The van der Waals surface area contributed by atoms with Crippen LogP contribution in [0.4, 0.5) is 0 Å². The molecule has 0 bridgehead atoms. The fourth-order valence-electron chi connectivity index (χ4n) is 3.26. The quantitative estimate of drug-likeness (QED) is 0.365. The van der Waals surface area contributed by atoms with Crippen LogP contribution in [-0.4, -0.2) is 4.40 Å². The van der Waals surface area contributed by atoms with Gasteiger partial charge in [0.25, 0.3) is 0 Å². The van der Waals surface area contributed by atoms with Gasteiger partial charge in [-0.15, -0.1) is 0 Å². The van der Waals surface area contributed by atoms with Crippen molar-refractivity contribution >= 4 is 38.0 Å². The maximum absolute atomic E-state index is 2.31. The number of hydrogen-bond acceptors (Lipinski definition) is 0. The standard InChI is InChI=1S/C18H11N/c1-2-5-14-11-17-16(10-13(14)4-1)15-7-3-6-12-8-9-19(17)18(12)15/h1-11H. The second-order valence-electron chi connectivity index (χ2n) is 5.15. The number of benzene rings is 3. The first-order valence-corrected chi connectivity index (χ1v) is 6.55. The minimum atomic E-state index is 1.30. The van der Waals surface area contributed by atoms with Gasteiger partial charge in [0, 0.05) is 22.4 Å². The van der Waals surface area contributed by atoms with Crippen molar-refractivity contribution in [1.29, 1.82) is 0 Å². The van der Waals surface area contributed by atoms with E-state index in [0.29, 0.717) is 0 Å². The zero-order valence-electron chi connectivity index (χ0n) is 10.3. The predicted molar refractivity (Wildman–Crippen MR) is 81.1 cm³/mol. The van der Waals surface area contributed by atoms with Gasteiger partial charge in [0.15, 0.2) is 0 Å². The van der Waals surface area contributed by atoms with Gasteiger partial charge in [-0.25, -0.2) is 0 Å². The molecule has 19 heavy (non-hydrogen) atoms. The summed E-state index contributed by atoms with van der Waals surface area (Å²) in [5, 5.41) is 6.63. The van der Waals surface area contributed by atoms with Gasteiger partial charge < -0.3 is 4.40 Å². The summed E-state index contributed by atoms with van der Waals surface area (Å²) >= 11 is 0. The molecule has 0 radical (unpaired) electrons. The first kappa shape index (κ1) is 9.40. The SMILES string of the molecule is c1ccc2cc3c(cc2c1)c1cccc2ccn3c21. The Morgan fingerprint density at radius 3 is 2.32 bits per heavy atom. The van der Waals surface area contributed by atoms with E-state index in [1.807, 2.05) is 0 Å². The highest BCUT2D eigenvalue weighted by Crippen LogP contribution is 2.34. The molecule has 3 aromatic carbocycles. The highest BCUT2D eigenvalue weighted by molar-refractivity contribution is 6.17. The van der Waals surface area contributed by atoms with E-state index in [9.17, 15) is 0 Å². The molecule has 0 saturated carbocycles. The molecule has 5 rings (SSSR count). The van der Waals surface area contributed by atoms with E-state index in [0.717, 1.165) is 0 Å². The lowest BCUT2D eigenvalue weighted by Gasteiger charge is -1.99. The number of aromatic nitrogens is 1. The van der Waals surface area contributed by atoms with Crippen molar-refractivity contribution in [3.63, 3.8) is 0 Å². The molecule has 0 spiro atoms. The van der Waals surface area contributed by atoms with Gasteiger partial charge in [0.2, 0.25) is 0 Å². The Labute approximate surface area is 110 Å². The highest BCUT2D eigenvalue weighted by Gasteiger charge is 2.11. The molecule has 1 nitrogen and oxygen atoms in total. The minimum absolute atomic E-state index is 1.30. The fourth-order valence-corrected chi connectivity index (χ4v) is 3.26. The van der Waals surface area contributed by atoms with Crippen molar-refractivity contribution < 1.29 is 0 Å². The molecule has 0 unspecified atom stereocenters. The van der Waals surface area contributed by atoms with Gasteiger partial charge in [0.05, 0.1) is 11.0 Å². The van der Waals surface area contributed by atoms with E-state index < -0.39 is 0 Å². The van der Waals surface area contributed by atoms with E-state index in [4.69, 9.17) is 0 Å². The van der Waals surface area contributed by atoms with Crippen LogP contribution in [-0.2, 0) is 0 Å². The molecule has 0 atom stereocenters. The van der Waals surface area contributed by atoms with E-state index >= 15 is 0 Å². The molecule has 0 amide bonds. The molecule has 5 aromatic rings. The lowest BCUT2D eigenvalue weighted by atomic mass is 10.1. The first-order chi connectivity index (χ1) is 9.42. The Kier molecular flexibility index (Phi) is 1.52. The van der Waals surface area contributed by atoms with Crippen LogP contribution in [0.15, 0.2) is 66.9 Å². The number of nitrogens with zero attached hydrogens (tertiary/aromatic N) is 1. The highest BCUT2D eigenvalue weighted by atomic mass is 14.9. The number of para-hydroxylation sites is 1. The summed E-state index contributed by atoms with van der Waals surface area (Å²) < 4.78 is 2.31. The Morgan fingerprint density at radius 2 is 1.42 bits per heavy atom. The molecular weight excluding hydrogens is 230 g/mol. The third kappa shape index (κ3) is 1.06. The molecule has 0 aliphatic rings. The van der Waals surface area contributed by atoms with Gasteiger partial charge in [0.1, 0.15) is 0 Å². The molecule has 2 aromatic heterocycles. The van der Waals surface area contributed by atoms with Crippen molar-refractivity contribution in [3.05, 3.63) is 66.9 Å². The van der Waals surface area contributed by atoms with Crippen LogP contribution in [0, 0.1) is 0 Å². The molecular formula is C18H11N. The zero-order valence-corrected chi connectivity index (χ0v) is 10.3. The van der Waals surface area contributed by atoms with Gasteiger partial charge in [-0.2, -0.15) is 0 Å². The lowest BCUT2D eigenvalue weighted by Crippen LogP contribution is -1.77. The maximum atomic E-state index is 2.31. The largest absolute Gasteiger partial charge is 0.315 e. The van der Waals surface area contributed by atoms with Crippen molar-refractivity contribution in [2.45, 2.75) is 0 Å². The van der Waals surface area contributed by atoms with Crippen molar-refractivity contribution in [2.75, 3.05) is 0 Å². The average Bonchev–Trinajstić information content (AvgIpc) is 3.02. The molecule has 1 heteroatoms. The van der Waals surface area contributed by atoms with Gasteiger partial charge in [-0.3, -0.25) is 0 Å². The van der Waals surface area contributed by atoms with Crippen LogP contribution in [0.1, 0.15) is 0 Å². The van der Waals surface area contributed by atoms with Crippen LogP contribution in [0.2, 0.25) is 0 Å². The van der Waals surface area contributed by atoms with E-state index in [-0.39, 0.29) is 0 Å². The number of rotatable bonds is 0. The van der Waals surface area contributed by atoms with Crippen molar-refractivity contribution in [1.82, 2.24) is 4.40 Å². The van der Waals surface area contributed by atoms with Gasteiger partial charge in [-0.1, -0.05) is 42.5 Å². The topological polar surface area (TPSA) is 4.41 Å². The molecule has 0 aliphatic heterocycles. The van der Waals surface area contributed by atoms with Gasteiger partial charge in [-0.05, 0) is 29.0 Å². The first-order valence-electron chi connectivity index (χ1n) is 6.55. The molecule has 0 aliphatic carbocycles. The maximum Gasteiger partial charge on any atom is 0.0607 e. The summed E-state index contributed by atoms with van der Waals surface area (Å²) in [6.07, 6.45) is 2.18. The smallest absolute Gasteiger partial charge is 0.0607 e. The average molecular weight is 241 g/mol. The molecule has 0 N–H and O–H groups in total. The summed E-state index contributed by atoms with van der Waals surface area (Å²) in [4.78, 5) is 0. The third-order valence-electron chi connectivity index (χ3n) is 4.13. The summed E-state index contributed by atoms with van der Waals surface area (Å²) in [7, 11) is 0. The van der Waals surface area contributed by atoms with E-state index in [2.05, 4.69) is 71.3 Å². The Bertz CT molecular complexity index is 1020. The summed E-state index contributed by atoms with van der Waals surface area (Å²) in [6.45, 7) is 0. The van der Waals surface area contributed by atoms with Crippen LogP contribution in [0.5, 0.6) is 0 Å². The fraction of sp³-hybridized carbons (Fsp3) is 0. The molecule has 0 fully saturated rings.